The zero-order valence-electron chi connectivity index (χ0n) is 14.3. The fourth-order valence-corrected chi connectivity index (χ4v) is 3.44. The summed E-state index contributed by atoms with van der Waals surface area (Å²) in [5.74, 6) is 0.464. The number of thiophene rings is 1. The second kappa shape index (κ2) is 7.06. The van der Waals surface area contributed by atoms with E-state index in [1.807, 2.05) is 37.4 Å². The van der Waals surface area contributed by atoms with Crippen LogP contribution >= 0.6 is 11.3 Å². The van der Waals surface area contributed by atoms with Gasteiger partial charge in [0, 0.05) is 5.56 Å². The Hall–Kier alpha value is -2.67. The maximum atomic E-state index is 12.4. The first-order valence-corrected chi connectivity index (χ1v) is 8.74. The number of fused-ring (bicyclic) bond motifs is 1. The van der Waals surface area contributed by atoms with Gasteiger partial charge < -0.3 is 10.1 Å². The summed E-state index contributed by atoms with van der Waals surface area (Å²) in [6, 6.07) is 7.31. The minimum absolute atomic E-state index is 0.0733. The first kappa shape index (κ1) is 17.2. The van der Waals surface area contributed by atoms with Crippen molar-refractivity contribution in [1.82, 2.24) is 14.9 Å². The third-order valence-corrected chi connectivity index (χ3v) is 4.81. The first-order valence-electron chi connectivity index (χ1n) is 7.86. The molecule has 0 aliphatic heterocycles. The molecule has 0 bridgehead atoms. The van der Waals surface area contributed by atoms with Gasteiger partial charge in [0.25, 0.3) is 5.56 Å². The summed E-state index contributed by atoms with van der Waals surface area (Å²) in [5, 5.41) is 5.26. The number of methoxy groups -OCH3 is 1. The second-order valence-corrected chi connectivity index (χ2v) is 6.75. The zero-order valence-corrected chi connectivity index (χ0v) is 15.1. The van der Waals surface area contributed by atoms with Crippen molar-refractivity contribution in [1.29, 1.82) is 0 Å². The molecule has 1 amide bonds. The predicted octanol–water partition coefficient (Wildman–Crippen LogP) is 2.65. The molecule has 0 aliphatic carbocycles. The van der Waals surface area contributed by atoms with Gasteiger partial charge in [-0.1, -0.05) is 17.7 Å². The molecule has 2 aromatic heterocycles. The van der Waals surface area contributed by atoms with Gasteiger partial charge in [-0.2, -0.15) is 0 Å². The van der Waals surface area contributed by atoms with Gasteiger partial charge in [0.15, 0.2) is 0 Å². The second-order valence-electron chi connectivity index (χ2n) is 5.85. The number of aromatic nitrogens is 2. The van der Waals surface area contributed by atoms with Crippen molar-refractivity contribution in [2.75, 3.05) is 7.11 Å². The van der Waals surface area contributed by atoms with Crippen molar-refractivity contribution >= 4 is 27.5 Å². The highest BCUT2D eigenvalue weighted by Gasteiger charge is 2.15. The SMILES string of the molecule is COc1ccc(C)cc1[C@@H](C)NC(=O)Cn1cnc2sccc2c1=O. The molecule has 0 saturated carbocycles. The number of hydrogen-bond donors (Lipinski definition) is 1. The van der Waals surface area contributed by atoms with Crippen LogP contribution in [0.1, 0.15) is 24.1 Å². The van der Waals surface area contributed by atoms with E-state index >= 15 is 0 Å². The number of rotatable bonds is 5. The summed E-state index contributed by atoms with van der Waals surface area (Å²) in [7, 11) is 1.60. The highest BCUT2D eigenvalue weighted by molar-refractivity contribution is 7.16. The molecule has 0 saturated heterocycles. The highest BCUT2D eigenvalue weighted by atomic mass is 32.1. The Balaban J connectivity index is 1.76. The Morgan fingerprint density at radius 1 is 1.40 bits per heavy atom. The normalized spacial score (nSPS) is 12.1. The molecule has 2 heterocycles. The number of aryl methyl sites for hydroxylation is 1. The van der Waals surface area contributed by atoms with Crippen molar-refractivity contribution < 1.29 is 9.53 Å². The maximum absolute atomic E-state index is 12.4. The van der Waals surface area contributed by atoms with E-state index in [2.05, 4.69) is 10.3 Å². The van der Waals surface area contributed by atoms with Crippen LogP contribution in [0, 0.1) is 6.92 Å². The van der Waals surface area contributed by atoms with E-state index < -0.39 is 0 Å². The monoisotopic (exact) mass is 357 g/mol. The van der Waals surface area contributed by atoms with Gasteiger partial charge in [-0.15, -0.1) is 11.3 Å². The van der Waals surface area contributed by atoms with Gasteiger partial charge in [0.2, 0.25) is 5.91 Å². The van der Waals surface area contributed by atoms with Gasteiger partial charge in [-0.25, -0.2) is 4.98 Å². The van der Waals surface area contributed by atoms with E-state index in [-0.39, 0.29) is 24.1 Å². The number of benzene rings is 1. The topological polar surface area (TPSA) is 73.2 Å². The Morgan fingerprint density at radius 2 is 2.20 bits per heavy atom. The summed E-state index contributed by atoms with van der Waals surface area (Å²) in [5.41, 5.74) is 1.78. The average Bonchev–Trinajstić information content (AvgIpc) is 3.06. The molecule has 0 fully saturated rings. The molecule has 0 unspecified atom stereocenters. The Kier molecular flexibility index (Phi) is 4.85. The van der Waals surface area contributed by atoms with Gasteiger partial charge in [0.1, 0.15) is 17.1 Å². The van der Waals surface area contributed by atoms with E-state index in [1.165, 1.54) is 22.2 Å². The number of hydrogen-bond acceptors (Lipinski definition) is 5. The molecular formula is C18H19N3O3S. The van der Waals surface area contributed by atoms with Crippen molar-refractivity contribution in [3.05, 3.63) is 57.5 Å². The standard InChI is InChI=1S/C18H19N3O3S/c1-11-4-5-15(24-3)14(8-11)12(2)20-16(22)9-21-10-19-17-13(18(21)23)6-7-25-17/h4-8,10,12H,9H2,1-3H3,(H,20,22)/t12-/m1/s1. The van der Waals surface area contributed by atoms with Crippen molar-refractivity contribution in [2.45, 2.75) is 26.4 Å². The van der Waals surface area contributed by atoms with Crippen LogP contribution in [-0.2, 0) is 11.3 Å². The molecule has 130 valence electrons. The minimum Gasteiger partial charge on any atom is -0.496 e. The Bertz CT molecular complexity index is 977. The quantitative estimate of drug-likeness (QED) is 0.762. The lowest BCUT2D eigenvalue weighted by Crippen LogP contribution is -2.34. The fourth-order valence-electron chi connectivity index (χ4n) is 2.72. The summed E-state index contributed by atoms with van der Waals surface area (Å²) in [6.07, 6.45) is 1.42. The maximum Gasteiger partial charge on any atom is 0.262 e. The van der Waals surface area contributed by atoms with Gasteiger partial charge in [0.05, 0.1) is 24.9 Å². The fraction of sp³-hybridized carbons (Fsp3) is 0.278. The first-order chi connectivity index (χ1) is 12.0. The van der Waals surface area contributed by atoms with Gasteiger partial charge in [-0.3, -0.25) is 14.2 Å². The minimum atomic E-state index is -0.255. The third kappa shape index (κ3) is 3.56. The number of carbonyl (C=O) groups is 1. The van der Waals surface area contributed by atoms with Crippen LogP contribution in [0.4, 0.5) is 0 Å². The predicted molar refractivity (Wildman–Crippen MR) is 98.2 cm³/mol. The molecular weight excluding hydrogens is 338 g/mol. The van der Waals surface area contributed by atoms with E-state index in [1.54, 1.807) is 13.2 Å². The van der Waals surface area contributed by atoms with Crippen LogP contribution in [0.2, 0.25) is 0 Å². The van der Waals surface area contributed by atoms with Crippen LogP contribution in [0.3, 0.4) is 0 Å². The molecule has 0 aliphatic rings. The van der Waals surface area contributed by atoms with E-state index in [9.17, 15) is 9.59 Å². The van der Waals surface area contributed by atoms with E-state index in [0.717, 1.165) is 16.9 Å². The molecule has 6 nitrogen and oxygen atoms in total. The summed E-state index contributed by atoms with van der Waals surface area (Å²) >= 11 is 1.40. The summed E-state index contributed by atoms with van der Waals surface area (Å²) in [6.45, 7) is 3.80. The number of nitrogens with one attached hydrogen (secondary N) is 1. The van der Waals surface area contributed by atoms with Crippen LogP contribution in [-0.4, -0.2) is 22.6 Å². The van der Waals surface area contributed by atoms with Crippen LogP contribution in [0.25, 0.3) is 10.2 Å². The average molecular weight is 357 g/mol. The van der Waals surface area contributed by atoms with E-state index in [4.69, 9.17) is 4.74 Å². The number of nitrogens with zero attached hydrogens (tertiary/aromatic N) is 2. The Morgan fingerprint density at radius 3 is 2.96 bits per heavy atom. The van der Waals surface area contributed by atoms with Crippen molar-refractivity contribution in [2.24, 2.45) is 0 Å². The largest absolute Gasteiger partial charge is 0.496 e. The molecule has 3 rings (SSSR count). The van der Waals surface area contributed by atoms with Gasteiger partial charge in [-0.05, 0) is 31.4 Å². The lowest BCUT2D eigenvalue weighted by molar-refractivity contribution is -0.122. The third-order valence-electron chi connectivity index (χ3n) is 3.99. The zero-order chi connectivity index (χ0) is 18.0. The summed E-state index contributed by atoms with van der Waals surface area (Å²) in [4.78, 5) is 29.6. The Labute approximate surface area is 149 Å². The highest BCUT2D eigenvalue weighted by Crippen LogP contribution is 2.26. The molecule has 3 aromatic rings. The number of ether oxygens (including phenoxy) is 1. The van der Waals surface area contributed by atoms with Crippen LogP contribution in [0.5, 0.6) is 5.75 Å². The number of carbonyl (C=O) groups excluding carboxylic acids is 1. The molecule has 0 radical (unpaired) electrons. The molecule has 7 heteroatoms. The molecule has 1 aromatic carbocycles. The number of amides is 1. The summed E-state index contributed by atoms with van der Waals surface area (Å²) < 4.78 is 6.69. The molecule has 25 heavy (non-hydrogen) atoms. The lowest BCUT2D eigenvalue weighted by atomic mass is 10.0. The van der Waals surface area contributed by atoms with Crippen molar-refractivity contribution in [3.63, 3.8) is 0 Å². The molecule has 0 spiro atoms. The molecule has 1 N–H and O–H groups in total. The van der Waals surface area contributed by atoms with Gasteiger partial charge >= 0.3 is 0 Å². The van der Waals surface area contributed by atoms with Crippen molar-refractivity contribution in [3.8, 4) is 5.75 Å². The smallest absolute Gasteiger partial charge is 0.262 e. The lowest BCUT2D eigenvalue weighted by Gasteiger charge is -2.18. The van der Waals surface area contributed by atoms with Crippen LogP contribution < -0.4 is 15.6 Å². The molecule has 1 atom stereocenters. The van der Waals surface area contributed by atoms with Crippen LogP contribution in [0.15, 0.2) is 40.8 Å². The van der Waals surface area contributed by atoms with E-state index in [0.29, 0.717) is 10.2 Å².